The van der Waals surface area contributed by atoms with E-state index in [9.17, 15) is 0 Å². The maximum atomic E-state index is 5.54. The van der Waals surface area contributed by atoms with Crippen molar-refractivity contribution in [2.45, 2.75) is 44.7 Å². The first kappa shape index (κ1) is 19.4. The molecular formula is C22H26N6OS. The summed E-state index contributed by atoms with van der Waals surface area (Å²) in [6.07, 6.45) is 7.03. The molecule has 8 heteroatoms. The SMILES string of the molecule is COc1nc(-c2ccc(N3CCC(NC4CCC4)C3)nn2)ccc1-c1cnc(C)s1. The van der Waals surface area contributed by atoms with Crippen LogP contribution in [0.5, 0.6) is 5.88 Å². The van der Waals surface area contributed by atoms with E-state index in [1.54, 1.807) is 18.4 Å². The van der Waals surface area contributed by atoms with E-state index in [0.717, 1.165) is 58.2 Å². The molecule has 4 heterocycles. The normalized spacial score (nSPS) is 19.1. The molecule has 5 rings (SSSR count). The highest BCUT2D eigenvalue weighted by Crippen LogP contribution is 2.34. The molecule has 1 unspecified atom stereocenters. The maximum absolute atomic E-state index is 5.54. The number of aryl methyl sites for hydroxylation is 1. The summed E-state index contributed by atoms with van der Waals surface area (Å²) in [5.41, 5.74) is 2.44. The molecule has 30 heavy (non-hydrogen) atoms. The van der Waals surface area contributed by atoms with Crippen molar-refractivity contribution in [3.8, 4) is 27.7 Å². The monoisotopic (exact) mass is 422 g/mol. The molecule has 1 saturated carbocycles. The summed E-state index contributed by atoms with van der Waals surface area (Å²) in [4.78, 5) is 12.4. The van der Waals surface area contributed by atoms with Gasteiger partial charge in [0.15, 0.2) is 5.82 Å². The Labute approximate surface area is 180 Å². The Balaban J connectivity index is 1.30. The van der Waals surface area contributed by atoms with Gasteiger partial charge in [-0.1, -0.05) is 6.42 Å². The van der Waals surface area contributed by atoms with E-state index < -0.39 is 0 Å². The standard InChI is InChI=1S/C22H26N6OS/c1-14-23-12-20(30-14)17-6-7-18(25-22(17)29-2)19-8-9-21(27-26-19)28-11-10-16(13-28)24-15-4-3-5-15/h6-9,12,15-16,24H,3-5,10-11,13H2,1-2H3. The fraction of sp³-hybridized carbons (Fsp3) is 0.455. The number of pyridine rings is 1. The smallest absolute Gasteiger partial charge is 0.222 e. The summed E-state index contributed by atoms with van der Waals surface area (Å²) in [5, 5.41) is 13.7. The Hall–Kier alpha value is -2.58. The Morgan fingerprint density at radius 2 is 1.93 bits per heavy atom. The van der Waals surface area contributed by atoms with Crippen LogP contribution in [-0.4, -0.2) is 52.4 Å². The van der Waals surface area contributed by atoms with Crippen LogP contribution in [0.1, 0.15) is 30.7 Å². The fourth-order valence-electron chi connectivity index (χ4n) is 4.06. The van der Waals surface area contributed by atoms with Crippen LogP contribution in [0.3, 0.4) is 0 Å². The van der Waals surface area contributed by atoms with Gasteiger partial charge in [0.25, 0.3) is 0 Å². The van der Waals surface area contributed by atoms with Gasteiger partial charge < -0.3 is 15.0 Å². The quantitative estimate of drug-likeness (QED) is 0.649. The van der Waals surface area contributed by atoms with Crippen molar-refractivity contribution in [3.63, 3.8) is 0 Å². The second-order valence-corrected chi connectivity index (χ2v) is 9.23. The number of anilines is 1. The third-order valence-corrected chi connectivity index (χ3v) is 6.89. The number of ether oxygens (including phenoxy) is 1. The van der Waals surface area contributed by atoms with Gasteiger partial charge in [0.05, 0.1) is 28.3 Å². The second-order valence-electron chi connectivity index (χ2n) is 8.00. The summed E-state index contributed by atoms with van der Waals surface area (Å²) in [7, 11) is 1.64. The highest BCUT2D eigenvalue weighted by Gasteiger charge is 2.27. The number of hydrogen-bond acceptors (Lipinski definition) is 8. The molecule has 2 fully saturated rings. The molecule has 0 bridgehead atoms. The Morgan fingerprint density at radius 3 is 2.60 bits per heavy atom. The molecule has 3 aromatic heterocycles. The topological polar surface area (TPSA) is 76.1 Å². The molecule has 0 aromatic carbocycles. The lowest BCUT2D eigenvalue weighted by molar-refractivity contribution is 0.311. The van der Waals surface area contributed by atoms with Gasteiger partial charge in [0.1, 0.15) is 5.69 Å². The van der Waals surface area contributed by atoms with Crippen molar-refractivity contribution in [1.29, 1.82) is 0 Å². The number of hydrogen-bond donors (Lipinski definition) is 1. The average Bonchev–Trinajstić information content (AvgIpc) is 3.39. The van der Waals surface area contributed by atoms with Crippen LogP contribution in [0, 0.1) is 6.92 Å². The van der Waals surface area contributed by atoms with Crippen LogP contribution in [0.15, 0.2) is 30.5 Å². The van der Waals surface area contributed by atoms with E-state index in [1.807, 2.05) is 37.4 Å². The zero-order chi connectivity index (χ0) is 20.5. The minimum absolute atomic E-state index is 0.561. The molecule has 1 atom stereocenters. The summed E-state index contributed by atoms with van der Waals surface area (Å²) in [6.45, 7) is 4.01. The van der Waals surface area contributed by atoms with Crippen molar-refractivity contribution < 1.29 is 4.74 Å². The summed E-state index contributed by atoms with van der Waals surface area (Å²) in [5.74, 6) is 1.51. The number of methoxy groups -OCH3 is 1. The molecule has 1 N–H and O–H groups in total. The van der Waals surface area contributed by atoms with Gasteiger partial charge in [-0.15, -0.1) is 21.5 Å². The highest BCUT2D eigenvalue weighted by molar-refractivity contribution is 7.15. The number of rotatable bonds is 6. The van der Waals surface area contributed by atoms with Crippen LogP contribution in [0.2, 0.25) is 0 Å². The Morgan fingerprint density at radius 1 is 1.07 bits per heavy atom. The largest absolute Gasteiger partial charge is 0.481 e. The van der Waals surface area contributed by atoms with E-state index in [0.29, 0.717) is 11.9 Å². The lowest BCUT2D eigenvalue weighted by Crippen LogP contribution is -2.43. The lowest BCUT2D eigenvalue weighted by Gasteiger charge is -2.29. The van der Waals surface area contributed by atoms with E-state index in [2.05, 4.69) is 30.4 Å². The third-order valence-electron chi connectivity index (χ3n) is 5.94. The number of aromatic nitrogens is 4. The van der Waals surface area contributed by atoms with Crippen LogP contribution in [0.25, 0.3) is 21.8 Å². The van der Waals surface area contributed by atoms with E-state index in [-0.39, 0.29) is 0 Å². The van der Waals surface area contributed by atoms with Gasteiger partial charge in [-0.05, 0) is 50.5 Å². The first-order chi connectivity index (χ1) is 14.7. The highest BCUT2D eigenvalue weighted by atomic mass is 32.1. The molecule has 2 aliphatic rings. The minimum Gasteiger partial charge on any atom is -0.481 e. The van der Waals surface area contributed by atoms with Crippen molar-refractivity contribution in [2.24, 2.45) is 0 Å². The molecule has 1 saturated heterocycles. The number of nitrogens with zero attached hydrogens (tertiary/aromatic N) is 5. The van der Waals surface area contributed by atoms with Gasteiger partial charge in [0, 0.05) is 31.4 Å². The third kappa shape index (κ3) is 3.89. The predicted molar refractivity (Wildman–Crippen MR) is 119 cm³/mol. The van der Waals surface area contributed by atoms with Crippen molar-refractivity contribution in [1.82, 2.24) is 25.5 Å². The molecule has 156 valence electrons. The maximum Gasteiger partial charge on any atom is 0.222 e. The molecule has 0 radical (unpaired) electrons. The van der Waals surface area contributed by atoms with Crippen LogP contribution in [0.4, 0.5) is 5.82 Å². The van der Waals surface area contributed by atoms with E-state index >= 15 is 0 Å². The van der Waals surface area contributed by atoms with E-state index in [1.165, 1.54) is 19.3 Å². The Kier molecular flexibility index (Phi) is 5.35. The Bertz CT molecular complexity index is 1020. The number of thiazole rings is 1. The minimum atomic E-state index is 0.561. The van der Waals surface area contributed by atoms with Crippen molar-refractivity contribution in [3.05, 3.63) is 35.5 Å². The molecule has 0 amide bonds. The zero-order valence-corrected chi connectivity index (χ0v) is 18.2. The van der Waals surface area contributed by atoms with Gasteiger partial charge in [0.2, 0.25) is 5.88 Å². The van der Waals surface area contributed by atoms with Gasteiger partial charge in [-0.2, -0.15) is 0 Å². The van der Waals surface area contributed by atoms with E-state index in [4.69, 9.17) is 4.74 Å². The van der Waals surface area contributed by atoms with Crippen LogP contribution >= 0.6 is 11.3 Å². The first-order valence-corrected chi connectivity index (χ1v) is 11.3. The molecule has 3 aromatic rings. The molecule has 1 aliphatic heterocycles. The second kappa shape index (κ2) is 8.28. The van der Waals surface area contributed by atoms with Gasteiger partial charge in [-0.3, -0.25) is 0 Å². The van der Waals surface area contributed by atoms with Crippen LogP contribution in [-0.2, 0) is 0 Å². The lowest BCUT2D eigenvalue weighted by atomic mass is 9.92. The van der Waals surface area contributed by atoms with Gasteiger partial charge >= 0.3 is 0 Å². The molecule has 1 aliphatic carbocycles. The fourth-order valence-corrected chi connectivity index (χ4v) is 4.85. The van der Waals surface area contributed by atoms with Crippen LogP contribution < -0.4 is 15.0 Å². The summed E-state index contributed by atoms with van der Waals surface area (Å²) in [6, 6.07) is 9.30. The summed E-state index contributed by atoms with van der Waals surface area (Å²) >= 11 is 1.63. The molecule has 0 spiro atoms. The zero-order valence-electron chi connectivity index (χ0n) is 17.3. The van der Waals surface area contributed by atoms with Gasteiger partial charge in [-0.25, -0.2) is 9.97 Å². The van der Waals surface area contributed by atoms with Crippen molar-refractivity contribution >= 4 is 17.2 Å². The summed E-state index contributed by atoms with van der Waals surface area (Å²) < 4.78 is 5.54. The molecule has 7 nitrogen and oxygen atoms in total. The average molecular weight is 423 g/mol. The van der Waals surface area contributed by atoms with Crippen molar-refractivity contribution in [2.75, 3.05) is 25.1 Å². The molecular weight excluding hydrogens is 396 g/mol. The number of nitrogens with one attached hydrogen (secondary N) is 1. The first-order valence-electron chi connectivity index (χ1n) is 10.5. The predicted octanol–water partition coefficient (Wildman–Crippen LogP) is 3.70.